The molecule has 1 atom stereocenters. The van der Waals surface area contributed by atoms with Gasteiger partial charge in [0.15, 0.2) is 5.54 Å². The van der Waals surface area contributed by atoms with E-state index in [1.807, 2.05) is 10.4 Å². The van der Waals surface area contributed by atoms with Gasteiger partial charge in [0.05, 0.1) is 5.69 Å². The molecule has 0 radical (unpaired) electrons. The predicted molar refractivity (Wildman–Crippen MR) is 129 cm³/mol. The van der Waals surface area contributed by atoms with Crippen LogP contribution in [0, 0.1) is 11.7 Å². The standard InChI is InChI=1S/C25H24F7N7O2/c26-18-11-14(3-1-2-9-24(27,28)29)6-7-17(18)23(25(30,31)32)12-16(19-8-10-38(35-19)13-15-4-5-15)20(21(40)33-23)39-22(41)34-36-37-39/h6-8,10-11,15H,1-5,9,12-13H2,(H,33,40)(H,34,37,41). The van der Waals surface area contributed by atoms with Gasteiger partial charge in [0.25, 0.3) is 5.91 Å². The second kappa shape index (κ2) is 10.4. The van der Waals surface area contributed by atoms with Crippen molar-refractivity contribution in [3.63, 3.8) is 0 Å². The Bertz CT molecular complexity index is 1530. The number of aryl methyl sites for hydroxylation is 1. The van der Waals surface area contributed by atoms with Crippen LogP contribution in [0.3, 0.4) is 0 Å². The number of carbonyl (C=O) groups is 1. The van der Waals surface area contributed by atoms with Crippen molar-refractivity contribution in [1.82, 2.24) is 35.3 Å². The van der Waals surface area contributed by atoms with Crippen LogP contribution >= 0.6 is 0 Å². The fraction of sp³-hybridized carbons (Fsp3) is 0.480. The van der Waals surface area contributed by atoms with Crippen LogP contribution in [0.5, 0.6) is 0 Å². The van der Waals surface area contributed by atoms with Gasteiger partial charge in [0, 0.05) is 36.7 Å². The van der Waals surface area contributed by atoms with Crippen molar-refractivity contribution in [1.29, 1.82) is 0 Å². The molecule has 2 aliphatic rings. The van der Waals surface area contributed by atoms with E-state index < -0.39 is 59.4 Å². The molecule has 41 heavy (non-hydrogen) atoms. The van der Waals surface area contributed by atoms with Crippen molar-refractivity contribution in [2.75, 3.05) is 0 Å². The largest absolute Gasteiger partial charge is 0.416 e. The molecule has 5 rings (SSSR count). The van der Waals surface area contributed by atoms with Gasteiger partial charge in [-0.1, -0.05) is 12.1 Å². The van der Waals surface area contributed by atoms with Gasteiger partial charge in [-0.25, -0.2) is 14.3 Å². The summed E-state index contributed by atoms with van der Waals surface area (Å²) >= 11 is 0. The third-order valence-electron chi connectivity index (χ3n) is 7.20. The summed E-state index contributed by atoms with van der Waals surface area (Å²) in [6.07, 6.45) is -8.28. The number of nitrogens with zero attached hydrogens (tertiary/aromatic N) is 5. The molecule has 1 aliphatic carbocycles. The molecular weight excluding hydrogens is 563 g/mol. The maximum absolute atomic E-state index is 15.4. The highest BCUT2D eigenvalue weighted by molar-refractivity contribution is 6.22. The highest BCUT2D eigenvalue weighted by atomic mass is 19.4. The van der Waals surface area contributed by atoms with Crippen LogP contribution in [0.25, 0.3) is 11.3 Å². The lowest BCUT2D eigenvalue weighted by Gasteiger charge is -2.41. The van der Waals surface area contributed by atoms with E-state index >= 15 is 4.39 Å². The lowest BCUT2D eigenvalue weighted by Crippen LogP contribution is -2.59. The van der Waals surface area contributed by atoms with Crippen molar-refractivity contribution in [3.8, 4) is 0 Å². The van der Waals surface area contributed by atoms with Gasteiger partial charge in [-0.3, -0.25) is 9.48 Å². The fourth-order valence-corrected chi connectivity index (χ4v) is 4.95. The summed E-state index contributed by atoms with van der Waals surface area (Å²) in [6.45, 7) is 0.516. The Kier molecular flexibility index (Phi) is 7.27. The van der Waals surface area contributed by atoms with Gasteiger partial charge in [-0.2, -0.15) is 36.1 Å². The molecule has 0 saturated heterocycles. The minimum atomic E-state index is -5.22. The number of nitrogens with one attached hydrogen (secondary N) is 2. The van der Waals surface area contributed by atoms with Crippen molar-refractivity contribution < 1.29 is 35.5 Å². The SMILES string of the molecule is O=C1NC(c2ccc(CCCCC(F)(F)F)cc2F)(C(F)(F)F)CC(c2ccn(CC3CC3)n2)=C1n1nn[nH]c1=O. The highest BCUT2D eigenvalue weighted by Gasteiger charge is 2.61. The number of amides is 1. The number of carbonyl (C=O) groups excluding carboxylic acids is 1. The van der Waals surface area contributed by atoms with Crippen molar-refractivity contribution >= 4 is 17.2 Å². The summed E-state index contributed by atoms with van der Waals surface area (Å²) in [7, 11) is 0. The van der Waals surface area contributed by atoms with Gasteiger partial charge in [0.1, 0.15) is 11.5 Å². The zero-order valence-corrected chi connectivity index (χ0v) is 21.3. The zero-order chi connectivity index (χ0) is 29.6. The molecule has 1 saturated carbocycles. The first-order chi connectivity index (χ1) is 19.3. The number of rotatable bonds is 9. The van der Waals surface area contributed by atoms with E-state index in [1.165, 1.54) is 16.8 Å². The Labute approximate surface area is 227 Å². The van der Waals surface area contributed by atoms with E-state index in [0.29, 0.717) is 17.1 Å². The summed E-state index contributed by atoms with van der Waals surface area (Å²) < 4.78 is 99.3. The topological polar surface area (TPSA) is 110 Å². The summed E-state index contributed by atoms with van der Waals surface area (Å²) in [6, 6.07) is 4.30. The van der Waals surface area contributed by atoms with Crippen LogP contribution in [0.15, 0.2) is 35.3 Å². The Balaban J connectivity index is 1.54. The summed E-state index contributed by atoms with van der Waals surface area (Å²) in [5.74, 6) is -2.28. The molecule has 16 heteroatoms. The van der Waals surface area contributed by atoms with Crippen LogP contribution in [0.2, 0.25) is 0 Å². The third kappa shape index (κ3) is 5.91. The van der Waals surface area contributed by atoms with Gasteiger partial charge < -0.3 is 5.32 Å². The number of hydrogen-bond acceptors (Lipinski definition) is 5. The molecular formula is C25H24F7N7O2. The molecule has 1 aliphatic heterocycles. The van der Waals surface area contributed by atoms with Crippen LogP contribution in [-0.4, -0.2) is 48.2 Å². The van der Waals surface area contributed by atoms with Crippen LogP contribution in [-0.2, 0) is 23.3 Å². The monoisotopic (exact) mass is 587 g/mol. The van der Waals surface area contributed by atoms with E-state index in [4.69, 9.17) is 0 Å². The van der Waals surface area contributed by atoms with E-state index in [2.05, 4.69) is 15.5 Å². The number of halogens is 7. The molecule has 1 fully saturated rings. The van der Waals surface area contributed by atoms with E-state index in [9.17, 15) is 35.9 Å². The predicted octanol–water partition coefficient (Wildman–Crippen LogP) is 4.33. The maximum atomic E-state index is 15.4. The minimum absolute atomic E-state index is 0.0153. The number of unbranched alkanes of at least 4 members (excludes halogenated alkanes) is 1. The second-order valence-electron chi connectivity index (χ2n) is 10.3. The smallest absolute Gasteiger partial charge is 0.332 e. The number of benzene rings is 1. The highest BCUT2D eigenvalue weighted by Crippen LogP contribution is 2.49. The molecule has 3 aromatic rings. The van der Waals surface area contributed by atoms with Crippen LogP contribution in [0.1, 0.15) is 55.3 Å². The van der Waals surface area contributed by atoms with E-state index in [-0.39, 0.29) is 36.1 Å². The molecule has 2 aromatic heterocycles. The Hall–Kier alpha value is -3.98. The molecule has 0 spiro atoms. The van der Waals surface area contributed by atoms with E-state index in [0.717, 1.165) is 25.0 Å². The van der Waals surface area contributed by atoms with Crippen LogP contribution < -0.4 is 11.0 Å². The number of H-pyrrole nitrogens is 1. The van der Waals surface area contributed by atoms with Crippen molar-refractivity contribution in [2.24, 2.45) is 5.92 Å². The fourth-order valence-electron chi connectivity index (χ4n) is 4.95. The molecule has 2 N–H and O–H groups in total. The lowest BCUT2D eigenvalue weighted by atomic mass is 9.78. The number of aromatic nitrogens is 6. The Morgan fingerprint density at radius 1 is 1.05 bits per heavy atom. The number of tetrazole rings is 1. The first kappa shape index (κ1) is 28.5. The average molecular weight is 588 g/mol. The average Bonchev–Trinajstić information content (AvgIpc) is 3.39. The molecule has 0 bridgehead atoms. The summed E-state index contributed by atoms with van der Waals surface area (Å²) in [5, 5.41) is 15.0. The molecule has 220 valence electrons. The summed E-state index contributed by atoms with van der Waals surface area (Å²) in [5.41, 5.74) is -5.79. The zero-order valence-electron chi connectivity index (χ0n) is 21.3. The quantitative estimate of drug-likeness (QED) is 0.286. The normalized spacial score (nSPS) is 20.0. The van der Waals surface area contributed by atoms with Crippen molar-refractivity contribution in [2.45, 2.75) is 69.4 Å². The van der Waals surface area contributed by atoms with Crippen LogP contribution in [0.4, 0.5) is 30.7 Å². The molecule has 9 nitrogen and oxygen atoms in total. The molecule has 1 unspecified atom stereocenters. The molecule has 3 heterocycles. The van der Waals surface area contributed by atoms with Gasteiger partial charge >= 0.3 is 18.0 Å². The lowest BCUT2D eigenvalue weighted by molar-refractivity contribution is -0.202. The first-order valence-electron chi connectivity index (χ1n) is 12.8. The molecule has 1 amide bonds. The third-order valence-corrected chi connectivity index (χ3v) is 7.20. The molecule has 1 aromatic carbocycles. The second-order valence-corrected chi connectivity index (χ2v) is 10.3. The minimum Gasteiger partial charge on any atom is -0.332 e. The van der Waals surface area contributed by atoms with Gasteiger partial charge in [-0.15, -0.1) is 0 Å². The summed E-state index contributed by atoms with van der Waals surface area (Å²) in [4.78, 5) is 25.6. The maximum Gasteiger partial charge on any atom is 0.416 e. The Morgan fingerprint density at radius 2 is 1.80 bits per heavy atom. The first-order valence-corrected chi connectivity index (χ1v) is 12.8. The van der Waals surface area contributed by atoms with E-state index in [1.54, 1.807) is 6.20 Å². The van der Waals surface area contributed by atoms with Crippen molar-refractivity contribution in [3.05, 3.63) is 63.6 Å². The number of hydrogen-bond donors (Lipinski definition) is 2. The number of aromatic amines is 1. The number of alkyl halides is 6. The Morgan fingerprint density at radius 3 is 2.41 bits per heavy atom. The van der Waals surface area contributed by atoms with Gasteiger partial charge in [-0.05, 0) is 66.1 Å². The van der Waals surface area contributed by atoms with Gasteiger partial charge in [0.2, 0.25) is 0 Å².